The molecule has 19 heavy (non-hydrogen) atoms. The number of hydrogen-bond acceptors (Lipinski definition) is 3. The molecular formula is C13H15BrN2O2S. The minimum Gasteiger partial charge on any atom is -0.270 e. The molecule has 0 fully saturated rings. The Morgan fingerprint density at radius 1 is 1.26 bits per heavy atom. The number of nitrogens with zero attached hydrogens (tertiary/aromatic N) is 2. The maximum atomic E-state index is 11.2. The maximum Gasteiger partial charge on any atom is 0.149 e. The van der Waals surface area contributed by atoms with E-state index in [1.54, 1.807) is 10.9 Å². The number of hydrogen-bond donors (Lipinski definition) is 0. The first kappa shape index (κ1) is 14.3. The van der Waals surface area contributed by atoms with Gasteiger partial charge in [0.2, 0.25) is 0 Å². The Hall–Kier alpha value is -1.14. The third-order valence-corrected chi connectivity index (χ3v) is 4.24. The van der Waals surface area contributed by atoms with Gasteiger partial charge in [0, 0.05) is 18.0 Å². The number of sulfone groups is 1. The van der Waals surface area contributed by atoms with E-state index in [0.29, 0.717) is 6.54 Å². The number of halogens is 1. The van der Waals surface area contributed by atoms with Crippen molar-refractivity contribution in [2.24, 2.45) is 0 Å². The molecule has 2 rings (SSSR count). The number of aromatic nitrogens is 2. The van der Waals surface area contributed by atoms with Crippen molar-refractivity contribution in [2.45, 2.75) is 13.5 Å². The summed E-state index contributed by atoms with van der Waals surface area (Å²) >= 11 is 3.46. The maximum absolute atomic E-state index is 11.2. The van der Waals surface area contributed by atoms with E-state index >= 15 is 0 Å². The van der Waals surface area contributed by atoms with E-state index in [4.69, 9.17) is 0 Å². The second kappa shape index (κ2) is 5.46. The standard InChI is InChI=1S/C13H15BrN2O2S/c1-10-3-5-11(6-4-10)13-12(14)9-16(15-13)7-8-19(2,17)18/h3-6,9H,7-8H2,1-2H3. The molecular weight excluding hydrogens is 328 g/mol. The highest BCUT2D eigenvalue weighted by molar-refractivity contribution is 9.10. The van der Waals surface area contributed by atoms with Gasteiger partial charge >= 0.3 is 0 Å². The van der Waals surface area contributed by atoms with Crippen molar-refractivity contribution < 1.29 is 8.42 Å². The summed E-state index contributed by atoms with van der Waals surface area (Å²) in [6.45, 7) is 2.40. The van der Waals surface area contributed by atoms with Gasteiger partial charge < -0.3 is 0 Å². The molecule has 0 saturated heterocycles. The fourth-order valence-corrected chi connectivity index (χ4v) is 2.74. The zero-order chi connectivity index (χ0) is 14.0. The van der Waals surface area contributed by atoms with Crippen molar-refractivity contribution in [2.75, 3.05) is 12.0 Å². The lowest BCUT2D eigenvalue weighted by Gasteiger charge is -2.00. The van der Waals surface area contributed by atoms with Crippen LogP contribution in [0, 0.1) is 6.92 Å². The molecule has 0 atom stereocenters. The van der Waals surface area contributed by atoms with Crippen LogP contribution >= 0.6 is 15.9 Å². The van der Waals surface area contributed by atoms with Crippen molar-refractivity contribution in [1.29, 1.82) is 0 Å². The summed E-state index contributed by atoms with van der Waals surface area (Å²) in [6, 6.07) is 8.06. The van der Waals surface area contributed by atoms with Crippen LogP contribution in [0.4, 0.5) is 0 Å². The molecule has 0 radical (unpaired) electrons. The molecule has 0 aliphatic rings. The smallest absolute Gasteiger partial charge is 0.149 e. The predicted octanol–water partition coefficient (Wildman–Crippen LogP) is 2.67. The monoisotopic (exact) mass is 342 g/mol. The summed E-state index contributed by atoms with van der Waals surface area (Å²) in [5.74, 6) is 0.0917. The Kier molecular flexibility index (Phi) is 4.10. The van der Waals surface area contributed by atoms with Crippen LogP contribution in [0.15, 0.2) is 34.9 Å². The second-order valence-corrected chi connectivity index (χ2v) is 7.70. The SMILES string of the molecule is Cc1ccc(-c2nn(CCS(C)(=O)=O)cc2Br)cc1. The van der Waals surface area contributed by atoms with Crippen molar-refractivity contribution in [1.82, 2.24) is 9.78 Å². The Morgan fingerprint density at radius 3 is 2.47 bits per heavy atom. The van der Waals surface area contributed by atoms with Crippen LogP contribution in [0.3, 0.4) is 0 Å². The Bertz CT molecular complexity index is 675. The van der Waals surface area contributed by atoms with Crippen LogP contribution in [0.2, 0.25) is 0 Å². The molecule has 0 aliphatic carbocycles. The summed E-state index contributed by atoms with van der Waals surface area (Å²) in [6.07, 6.45) is 3.03. The Morgan fingerprint density at radius 2 is 1.89 bits per heavy atom. The van der Waals surface area contributed by atoms with E-state index in [1.165, 1.54) is 11.8 Å². The van der Waals surface area contributed by atoms with Crippen LogP contribution in [0.5, 0.6) is 0 Å². The van der Waals surface area contributed by atoms with E-state index in [-0.39, 0.29) is 5.75 Å². The topological polar surface area (TPSA) is 52.0 Å². The fraction of sp³-hybridized carbons (Fsp3) is 0.308. The zero-order valence-electron chi connectivity index (χ0n) is 10.8. The summed E-state index contributed by atoms with van der Waals surface area (Å²) < 4.78 is 24.8. The average Bonchev–Trinajstić information content (AvgIpc) is 2.68. The highest BCUT2D eigenvalue weighted by Gasteiger charge is 2.10. The Balaban J connectivity index is 2.24. The fourth-order valence-electron chi connectivity index (χ4n) is 1.68. The molecule has 102 valence electrons. The summed E-state index contributed by atoms with van der Waals surface area (Å²) in [4.78, 5) is 0. The van der Waals surface area contributed by atoms with Crippen LogP contribution in [-0.2, 0) is 16.4 Å². The number of benzene rings is 1. The van der Waals surface area contributed by atoms with Crippen LogP contribution in [0.25, 0.3) is 11.3 Å². The van der Waals surface area contributed by atoms with Crippen LogP contribution < -0.4 is 0 Å². The van der Waals surface area contributed by atoms with Gasteiger partial charge in [-0.2, -0.15) is 5.10 Å². The molecule has 0 aliphatic heterocycles. The minimum absolute atomic E-state index is 0.0917. The molecule has 0 spiro atoms. The molecule has 1 aromatic carbocycles. The second-order valence-electron chi connectivity index (χ2n) is 4.58. The first-order valence-corrected chi connectivity index (χ1v) is 8.68. The van der Waals surface area contributed by atoms with Crippen molar-refractivity contribution in [3.8, 4) is 11.3 Å². The van der Waals surface area contributed by atoms with Gasteiger partial charge in [0.25, 0.3) is 0 Å². The molecule has 0 amide bonds. The van der Waals surface area contributed by atoms with Crippen LogP contribution in [0.1, 0.15) is 5.56 Å². The van der Waals surface area contributed by atoms with E-state index in [1.807, 2.05) is 31.2 Å². The van der Waals surface area contributed by atoms with Gasteiger partial charge in [-0.25, -0.2) is 8.42 Å². The van der Waals surface area contributed by atoms with Gasteiger partial charge in [-0.3, -0.25) is 4.68 Å². The lowest BCUT2D eigenvalue weighted by atomic mass is 10.1. The van der Waals surface area contributed by atoms with Crippen molar-refractivity contribution >= 4 is 25.8 Å². The van der Waals surface area contributed by atoms with Gasteiger partial charge in [0.05, 0.1) is 16.8 Å². The van der Waals surface area contributed by atoms with Gasteiger partial charge in [-0.05, 0) is 22.9 Å². The highest BCUT2D eigenvalue weighted by Crippen LogP contribution is 2.26. The average molecular weight is 343 g/mol. The number of aryl methyl sites for hydroxylation is 2. The first-order chi connectivity index (χ1) is 8.85. The molecule has 1 aromatic heterocycles. The van der Waals surface area contributed by atoms with E-state index < -0.39 is 9.84 Å². The lowest BCUT2D eigenvalue weighted by Crippen LogP contribution is -2.11. The van der Waals surface area contributed by atoms with Crippen molar-refractivity contribution in [3.05, 3.63) is 40.5 Å². The molecule has 0 N–H and O–H groups in total. The molecule has 6 heteroatoms. The van der Waals surface area contributed by atoms with E-state index in [0.717, 1.165) is 15.7 Å². The van der Waals surface area contributed by atoms with Gasteiger partial charge in [-0.1, -0.05) is 29.8 Å². The highest BCUT2D eigenvalue weighted by atomic mass is 79.9. The molecule has 1 heterocycles. The molecule has 0 saturated carbocycles. The summed E-state index contributed by atoms with van der Waals surface area (Å²) in [7, 11) is -2.97. The largest absolute Gasteiger partial charge is 0.270 e. The molecule has 2 aromatic rings. The molecule has 4 nitrogen and oxygen atoms in total. The predicted molar refractivity (Wildman–Crippen MR) is 79.8 cm³/mol. The van der Waals surface area contributed by atoms with E-state index in [9.17, 15) is 8.42 Å². The van der Waals surface area contributed by atoms with Gasteiger partial charge in [0.15, 0.2) is 0 Å². The zero-order valence-corrected chi connectivity index (χ0v) is 13.2. The normalized spacial score (nSPS) is 11.7. The van der Waals surface area contributed by atoms with Gasteiger partial charge in [-0.15, -0.1) is 0 Å². The molecule has 0 bridgehead atoms. The first-order valence-electron chi connectivity index (χ1n) is 5.83. The third-order valence-electron chi connectivity index (χ3n) is 2.73. The Labute approximate surface area is 121 Å². The molecule has 0 unspecified atom stereocenters. The summed E-state index contributed by atoms with van der Waals surface area (Å²) in [5, 5.41) is 4.42. The van der Waals surface area contributed by atoms with E-state index in [2.05, 4.69) is 21.0 Å². The lowest BCUT2D eigenvalue weighted by molar-refractivity contribution is 0.586. The van der Waals surface area contributed by atoms with Crippen LogP contribution in [-0.4, -0.2) is 30.2 Å². The number of rotatable bonds is 4. The third kappa shape index (κ3) is 3.91. The summed E-state index contributed by atoms with van der Waals surface area (Å²) in [5.41, 5.74) is 3.03. The van der Waals surface area contributed by atoms with Crippen molar-refractivity contribution in [3.63, 3.8) is 0 Å². The minimum atomic E-state index is -2.97. The quantitative estimate of drug-likeness (QED) is 0.858. The van der Waals surface area contributed by atoms with Gasteiger partial charge in [0.1, 0.15) is 15.5 Å².